The summed E-state index contributed by atoms with van der Waals surface area (Å²) in [4.78, 5) is 2.40. The van der Waals surface area contributed by atoms with Gasteiger partial charge in [0.15, 0.2) is 0 Å². The van der Waals surface area contributed by atoms with Crippen LogP contribution < -0.4 is 4.90 Å². The molecule has 0 radical (unpaired) electrons. The highest BCUT2D eigenvalue weighted by atomic mass is 15.1. The zero-order valence-electron chi connectivity index (χ0n) is 33.0. The number of rotatable bonds is 8. The summed E-state index contributed by atoms with van der Waals surface area (Å²) < 4.78 is 2.49. The Hall–Kier alpha value is -7.94. The second-order valence-corrected chi connectivity index (χ2v) is 15.3. The molecule has 0 spiro atoms. The van der Waals surface area contributed by atoms with Gasteiger partial charge in [0.2, 0.25) is 0 Å². The molecule has 0 amide bonds. The molecule has 0 aliphatic rings. The van der Waals surface area contributed by atoms with Crippen molar-refractivity contribution in [3.63, 3.8) is 0 Å². The van der Waals surface area contributed by atoms with Gasteiger partial charge in [0.1, 0.15) is 0 Å². The van der Waals surface area contributed by atoms with Gasteiger partial charge in [-0.1, -0.05) is 194 Å². The van der Waals surface area contributed by atoms with E-state index >= 15 is 0 Å². The average molecular weight is 765 g/mol. The zero-order chi connectivity index (χ0) is 39.8. The maximum absolute atomic E-state index is 2.49. The summed E-state index contributed by atoms with van der Waals surface area (Å²) in [6.45, 7) is 0. The molecule has 0 bridgehead atoms. The molecule has 2 heteroatoms. The van der Waals surface area contributed by atoms with Crippen LogP contribution in [0.4, 0.5) is 17.1 Å². The molecule has 0 aliphatic heterocycles. The second-order valence-electron chi connectivity index (χ2n) is 15.3. The quantitative estimate of drug-likeness (QED) is 0.150. The number of aromatic nitrogens is 1. The summed E-state index contributed by atoms with van der Waals surface area (Å²) in [7, 11) is 0. The minimum Gasteiger partial charge on any atom is -0.310 e. The van der Waals surface area contributed by atoms with Gasteiger partial charge < -0.3 is 9.47 Å². The Morgan fingerprint density at radius 3 is 1.62 bits per heavy atom. The van der Waals surface area contributed by atoms with E-state index < -0.39 is 0 Å². The van der Waals surface area contributed by atoms with Crippen molar-refractivity contribution >= 4 is 49.6 Å². The van der Waals surface area contributed by atoms with E-state index in [0.29, 0.717) is 0 Å². The Labute approximate surface area is 350 Å². The maximum atomic E-state index is 2.49. The van der Waals surface area contributed by atoms with Crippen LogP contribution in [-0.4, -0.2) is 4.57 Å². The Kier molecular flexibility index (Phi) is 8.87. The molecule has 282 valence electrons. The fraction of sp³-hybridized carbons (Fsp3) is 0. The normalized spacial score (nSPS) is 11.3. The summed E-state index contributed by atoms with van der Waals surface area (Å²) in [5.74, 6) is 0. The minimum absolute atomic E-state index is 1.09. The van der Waals surface area contributed by atoms with E-state index in [0.717, 1.165) is 28.3 Å². The van der Waals surface area contributed by atoms with Crippen LogP contribution in [-0.2, 0) is 0 Å². The highest BCUT2D eigenvalue weighted by molar-refractivity contribution is 6.12. The van der Waals surface area contributed by atoms with Gasteiger partial charge in [-0.15, -0.1) is 0 Å². The first-order valence-corrected chi connectivity index (χ1v) is 20.6. The number of nitrogens with zero attached hydrogens (tertiary/aromatic N) is 2. The maximum Gasteiger partial charge on any atom is 0.0562 e. The first kappa shape index (κ1) is 35.2. The van der Waals surface area contributed by atoms with Crippen molar-refractivity contribution in [2.75, 3.05) is 4.90 Å². The first-order chi connectivity index (χ1) is 29.8. The molecular formula is C58H40N2. The predicted molar refractivity (Wildman–Crippen MR) is 255 cm³/mol. The lowest BCUT2D eigenvalue weighted by Gasteiger charge is -2.28. The van der Waals surface area contributed by atoms with Crippen LogP contribution in [0.25, 0.3) is 82.8 Å². The number of hydrogen-bond donors (Lipinski definition) is 0. The number of hydrogen-bond acceptors (Lipinski definition) is 1. The van der Waals surface area contributed by atoms with Crippen molar-refractivity contribution in [2.24, 2.45) is 0 Å². The Bertz CT molecular complexity index is 3290. The van der Waals surface area contributed by atoms with Gasteiger partial charge in [0.25, 0.3) is 0 Å². The van der Waals surface area contributed by atoms with Gasteiger partial charge in [0.05, 0.1) is 22.4 Å². The van der Waals surface area contributed by atoms with Crippen LogP contribution in [0.3, 0.4) is 0 Å². The standard InChI is InChI=1S/C58H40N2/c1-4-17-41(18-5-1)42-31-33-43(34-32-42)46-35-38-57(54(39-46)51-28-16-22-44-21-10-11-25-49(44)51)60-56-30-15-13-27-52(56)53-37-36-48(40-58(53)60)59(47-23-8-3-9-24-47)55-29-14-12-26-50(55)45-19-6-2-7-20-45/h1-40H. The molecule has 11 rings (SSSR count). The van der Waals surface area contributed by atoms with Crippen molar-refractivity contribution < 1.29 is 0 Å². The lowest BCUT2D eigenvalue weighted by molar-refractivity contribution is 1.18. The van der Waals surface area contributed by atoms with Crippen molar-refractivity contribution in [3.05, 3.63) is 243 Å². The molecule has 0 unspecified atom stereocenters. The van der Waals surface area contributed by atoms with E-state index in [-0.39, 0.29) is 0 Å². The third kappa shape index (κ3) is 6.23. The van der Waals surface area contributed by atoms with Crippen LogP contribution in [0.2, 0.25) is 0 Å². The smallest absolute Gasteiger partial charge is 0.0562 e. The molecule has 0 aliphatic carbocycles. The third-order valence-electron chi connectivity index (χ3n) is 11.8. The van der Waals surface area contributed by atoms with Crippen molar-refractivity contribution in [3.8, 4) is 50.2 Å². The van der Waals surface area contributed by atoms with Crippen LogP contribution >= 0.6 is 0 Å². The largest absolute Gasteiger partial charge is 0.310 e. The molecular weight excluding hydrogens is 725 g/mol. The Morgan fingerprint density at radius 2 is 0.833 bits per heavy atom. The monoisotopic (exact) mass is 764 g/mol. The molecule has 0 atom stereocenters. The topological polar surface area (TPSA) is 8.17 Å². The fourth-order valence-corrected chi connectivity index (χ4v) is 8.96. The molecule has 0 saturated carbocycles. The van der Waals surface area contributed by atoms with Gasteiger partial charge in [-0.05, 0) is 92.7 Å². The second kappa shape index (κ2) is 15.1. The number of fused-ring (bicyclic) bond motifs is 4. The number of para-hydroxylation sites is 3. The van der Waals surface area contributed by atoms with E-state index in [1.165, 1.54) is 71.6 Å². The molecule has 1 heterocycles. The molecule has 11 aromatic rings. The Balaban J connectivity index is 1.15. The van der Waals surface area contributed by atoms with Crippen LogP contribution in [0.5, 0.6) is 0 Å². The van der Waals surface area contributed by atoms with E-state index in [1.807, 2.05) is 0 Å². The SMILES string of the molecule is c1ccc(-c2ccc(-c3ccc(-n4c5ccccc5c5ccc(N(c6ccccc6)c6ccccc6-c6ccccc6)cc54)c(-c4cccc5ccccc45)c3)cc2)cc1. The zero-order valence-corrected chi connectivity index (χ0v) is 33.0. The lowest BCUT2D eigenvalue weighted by Crippen LogP contribution is -2.11. The average Bonchev–Trinajstić information content (AvgIpc) is 3.66. The lowest BCUT2D eigenvalue weighted by atomic mass is 9.93. The van der Waals surface area contributed by atoms with Gasteiger partial charge in [-0.25, -0.2) is 0 Å². The van der Waals surface area contributed by atoms with E-state index in [9.17, 15) is 0 Å². The van der Waals surface area contributed by atoms with Crippen LogP contribution in [0.15, 0.2) is 243 Å². The summed E-state index contributed by atoms with van der Waals surface area (Å²) in [5, 5.41) is 4.88. The van der Waals surface area contributed by atoms with E-state index in [4.69, 9.17) is 0 Å². The summed E-state index contributed by atoms with van der Waals surface area (Å²) in [6, 6.07) is 87.9. The summed E-state index contributed by atoms with van der Waals surface area (Å²) in [5.41, 5.74) is 16.3. The van der Waals surface area contributed by atoms with Gasteiger partial charge in [-0.3, -0.25) is 0 Å². The van der Waals surface area contributed by atoms with Crippen molar-refractivity contribution in [1.29, 1.82) is 0 Å². The molecule has 2 nitrogen and oxygen atoms in total. The van der Waals surface area contributed by atoms with Crippen LogP contribution in [0, 0.1) is 0 Å². The predicted octanol–water partition coefficient (Wildman–Crippen LogP) is 16.1. The van der Waals surface area contributed by atoms with Gasteiger partial charge in [0, 0.05) is 33.3 Å². The first-order valence-electron chi connectivity index (χ1n) is 20.6. The van der Waals surface area contributed by atoms with Crippen LogP contribution in [0.1, 0.15) is 0 Å². The van der Waals surface area contributed by atoms with Gasteiger partial charge >= 0.3 is 0 Å². The summed E-state index contributed by atoms with van der Waals surface area (Å²) in [6.07, 6.45) is 0. The third-order valence-corrected chi connectivity index (χ3v) is 11.8. The van der Waals surface area contributed by atoms with Crippen molar-refractivity contribution in [2.45, 2.75) is 0 Å². The summed E-state index contributed by atoms with van der Waals surface area (Å²) >= 11 is 0. The minimum atomic E-state index is 1.09. The fourth-order valence-electron chi connectivity index (χ4n) is 8.96. The van der Waals surface area contributed by atoms with E-state index in [1.54, 1.807) is 0 Å². The van der Waals surface area contributed by atoms with Crippen molar-refractivity contribution in [1.82, 2.24) is 4.57 Å². The highest BCUT2D eigenvalue weighted by Gasteiger charge is 2.22. The van der Waals surface area contributed by atoms with E-state index in [2.05, 4.69) is 252 Å². The Morgan fingerprint density at radius 1 is 0.283 bits per heavy atom. The molecule has 1 aromatic heterocycles. The molecule has 0 fully saturated rings. The van der Waals surface area contributed by atoms with Gasteiger partial charge in [-0.2, -0.15) is 0 Å². The number of anilines is 3. The number of benzene rings is 10. The molecule has 0 N–H and O–H groups in total. The molecule has 10 aromatic carbocycles. The highest BCUT2D eigenvalue weighted by Crippen LogP contribution is 2.45. The molecule has 0 saturated heterocycles. The molecule has 60 heavy (non-hydrogen) atoms.